The number of aliphatic hydroxyl groups excluding tert-OH is 1. The number of Topliss-reactive ketones (excluding diaryl/α,β-unsaturated/α-hetero) is 1. The highest BCUT2D eigenvalue weighted by Gasteiger charge is 2.64. The van der Waals surface area contributed by atoms with Gasteiger partial charge in [-0.1, -0.05) is 110 Å². The van der Waals surface area contributed by atoms with Crippen LogP contribution in [-0.4, -0.2) is 105 Å². The van der Waals surface area contributed by atoms with Gasteiger partial charge in [0.05, 0.1) is 53.7 Å². The van der Waals surface area contributed by atoms with Crippen molar-refractivity contribution in [3.63, 3.8) is 0 Å². The van der Waals surface area contributed by atoms with Gasteiger partial charge in [-0.2, -0.15) is 0 Å². The van der Waals surface area contributed by atoms with E-state index >= 15 is 0 Å². The zero-order valence-corrected chi connectivity index (χ0v) is 43.2. The number of amides is 1. The van der Waals surface area contributed by atoms with E-state index in [1.54, 1.807) is 6.92 Å². The number of alkyl carbamates (subject to hydrolysis) is 1. The van der Waals surface area contributed by atoms with Crippen molar-refractivity contribution in [1.29, 1.82) is 0 Å². The van der Waals surface area contributed by atoms with Crippen LogP contribution in [0.4, 0.5) is 4.79 Å². The molecule has 0 bridgehead atoms. The van der Waals surface area contributed by atoms with Crippen LogP contribution in [-0.2, 0) is 38.0 Å². The molecule has 0 aromatic heterocycles. The number of benzene rings is 2. The van der Waals surface area contributed by atoms with E-state index in [-0.39, 0.29) is 42.2 Å². The molecule has 5 aliphatic heterocycles. The van der Waals surface area contributed by atoms with Crippen LogP contribution in [0.25, 0.3) is 11.1 Å². The minimum atomic E-state index is -1.42. The smallest absolute Gasteiger partial charge is 0.407 e. The average molecular weight is 972 g/mol. The van der Waals surface area contributed by atoms with Crippen molar-refractivity contribution >= 4 is 17.8 Å². The molecule has 70 heavy (non-hydrogen) atoms. The lowest BCUT2D eigenvalue weighted by Crippen LogP contribution is -2.65. The Labute approximate surface area is 415 Å². The van der Waals surface area contributed by atoms with Crippen LogP contribution in [0, 0.1) is 41.4 Å². The van der Waals surface area contributed by atoms with Gasteiger partial charge in [-0.3, -0.25) is 9.59 Å². The maximum absolute atomic E-state index is 14.8. The monoisotopic (exact) mass is 972 g/mol. The second kappa shape index (κ2) is 20.7. The van der Waals surface area contributed by atoms with Gasteiger partial charge < -0.3 is 49.1 Å². The number of hydrogen-bond acceptors (Lipinski definition) is 11. The lowest BCUT2D eigenvalue weighted by atomic mass is 9.72. The quantitative estimate of drug-likeness (QED) is 0.124. The molecule has 4 N–H and O–H groups in total. The molecule has 386 valence electrons. The second-order valence-corrected chi connectivity index (χ2v) is 22.4. The molecular weight excluding hydrogens is 891 g/mol. The molecule has 4 saturated heterocycles. The van der Waals surface area contributed by atoms with Crippen molar-refractivity contribution in [2.75, 3.05) is 6.61 Å². The van der Waals surface area contributed by atoms with E-state index in [0.29, 0.717) is 57.8 Å². The largest absolute Gasteiger partial charge is 0.481 e. The molecule has 13 heteroatoms. The number of carbonyl (C=O) groups excluding carboxylic acids is 2. The first kappa shape index (κ1) is 52.6. The van der Waals surface area contributed by atoms with Crippen LogP contribution in [0.2, 0.25) is 0 Å². The third-order valence-corrected chi connectivity index (χ3v) is 18.1. The Morgan fingerprint density at radius 3 is 2.10 bits per heavy atom. The summed E-state index contributed by atoms with van der Waals surface area (Å²) in [6.45, 7) is 19.8. The lowest BCUT2D eigenvalue weighted by molar-refractivity contribution is -0.398. The van der Waals surface area contributed by atoms with Gasteiger partial charge in [0.2, 0.25) is 0 Å². The molecule has 0 saturated carbocycles. The van der Waals surface area contributed by atoms with Crippen molar-refractivity contribution in [2.45, 2.75) is 205 Å². The van der Waals surface area contributed by atoms with E-state index in [9.17, 15) is 29.7 Å². The number of carboxylic acids is 1. The van der Waals surface area contributed by atoms with E-state index in [1.807, 2.05) is 78.0 Å². The summed E-state index contributed by atoms with van der Waals surface area (Å²) in [5.74, 6) is -6.43. The molecule has 2 aromatic carbocycles. The molecule has 8 rings (SSSR count). The fraction of sp³-hybridized carbons (Fsp3) is 0.702. The summed E-state index contributed by atoms with van der Waals surface area (Å²) < 4.78 is 41.0. The Morgan fingerprint density at radius 2 is 1.49 bits per heavy atom. The van der Waals surface area contributed by atoms with Gasteiger partial charge in [0.15, 0.2) is 11.6 Å². The van der Waals surface area contributed by atoms with Gasteiger partial charge in [-0.25, -0.2) is 4.79 Å². The number of nitrogens with one attached hydrogen (secondary N) is 1. The topological polar surface area (TPSA) is 179 Å². The van der Waals surface area contributed by atoms with Gasteiger partial charge in [-0.05, 0) is 112 Å². The molecule has 2 aromatic rings. The van der Waals surface area contributed by atoms with Crippen LogP contribution < -0.4 is 5.32 Å². The third kappa shape index (κ3) is 9.66. The maximum atomic E-state index is 14.8. The van der Waals surface area contributed by atoms with Crippen molar-refractivity contribution < 1.29 is 58.1 Å². The first-order valence-corrected chi connectivity index (χ1v) is 26.6. The molecule has 0 radical (unpaired) electrons. The zero-order valence-electron chi connectivity index (χ0n) is 43.2. The number of fused-ring (bicyclic) bond motifs is 3. The Balaban J connectivity index is 1.03. The van der Waals surface area contributed by atoms with Crippen LogP contribution in [0.3, 0.4) is 0 Å². The summed E-state index contributed by atoms with van der Waals surface area (Å²) in [4.78, 5) is 41.0. The number of aliphatic hydroxyl groups is 2. The normalized spacial score (nSPS) is 38.3. The van der Waals surface area contributed by atoms with Gasteiger partial charge in [0, 0.05) is 36.0 Å². The number of ketones is 1. The van der Waals surface area contributed by atoms with E-state index < -0.39 is 95.1 Å². The summed E-state index contributed by atoms with van der Waals surface area (Å²) in [7, 11) is 0. The van der Waals surface area contributed by atoms with Crippen molar-refractivity contribution in [1.82, 2.24) is 5.32 Å². The number of carboxylic acid groups (broad SMARTS) is 1. The van der Waals surface area contributed by atoms with E-state index in [4.69, 9.17) is 28.4 Å². The molecule has 13 nitrogen and oxygen atoms in total. The third-order valence-electron chi connectivity index (χ3n) is 18.1. The van der Waals surface area contributed by atoms with Crippen molar-refractivity contribution in [2.24, 2.45) is 41.4 Å². The first-order valence-electron chi connectivity index (χ1n) is 26.6. The highest BCUT2D eigenvalue weighted by molar-refractivity contribution is 5.84. The minimum Gasteiger partial charge on any atom is -0.481 e. The number of hydrogen-bond donors (Lipinski definition) is 4. The predicted octanol–water partition coefficient (Wildman–Crippen LogP) is 9.73. The molecule has 0 unspecified atom stereocenters. The van der Waals surface area contributed by atoms with Gasteiger partial charge in [0.25, 0.3) is 0 Å². The van der Waals surface area contributed by atoms with E-state index in [2.05, 4.69) is 50.4 Å². The highest BCUT2D eigenvalue weighted by Crippen LogP contribution is 2.54. The second-order valence-electron chi connectivity index (χ2n) is 22.4. The molecular formula is C57H81NO12. The fourth-order valence-electron chi connectivity index (χ4n) is 13.4. The van der Waals surface area contributed by atoms with Crippen LogP contribution in [0.15, 0.2) is 60.7 Å². The molecule has 4 fully saturated rings. The summed E-state index contributed by atoms with van der Waals surface area (Å²) in [6, 6.07) is 15.7. The highest BCUT2D eigenvalue weighted by atomic mass is 16.8. The Hall–Kier alpha value is -3.69. The molecule has 1 aliphatic carbocycles. The van der Waals surface area contributed by atoms with Gasteiger partial charge >= 0.3 is 12.1 Å². The molecule has 1 amide bonds. The molecule has 6 aliphatic rings. The predicted molar refractivity (Wildman–Crippen MR) is 265 cm³/mol. The molecule has 5 heterocycles. The zero-order chi connectivity index (χ0) is 50.5. The van der Waals surface area contributed by atoms with Crippen molar-refractivity contribution in [3.8, 4) is 11.1 Å². The number of aliphatic carboxylic acids is 1. The summed E-state index contributed by atoms with van der Waals surface area (Å²) >= 11 is 0. The van der Waals surface area contributed by atoms with Crippen LogP contribution in [0.5, 0.6) is 0 Å². The standard InChI is InChI=1S/C57H81NO12/c1-11-38(52(61)62)45-23-22-32(4)50(67-45)36(8)48(59)35(7)49(60)39(12-2)51-33(5)30-34(6)56(68-51)27-24-46(57(70-56)29-28-54(10,69-57)47-25-26-55(64,13-3)37(9)66-47)58-53(63)65-31-44-42-20-16-14-18-40(42)41-19-15-17-21-43(41)44/h14-21,24,27,32-39,44-48,50-51,59,64H,11-13,22-23,25-26,28-31H2,1-10H3,(H,58,63)(H,61,62)/t32-,33-,34+,35-,36-,37-,38+,39-,45+,46-,47+,48+,50+,51-,54-,55+,56-,57-/m0/s1. The van der Waals surface area contributed by atoms with Crippen molar-refractivity contribution in [3.05, 3.63) is 71.8 Å². The summed E-state index contributed by atoms with van der Waals surface area (Å²) in [6.07, 6.45) is 5.56. The Morgan fingerprint density at radius 1 is 0.829 bits per heavy atom. The van der Waals surface area contributed by atoms with Crippen LogP contribution >= 0.6 is 0 Å². The average Bonchev–Trinajstić information content (AvgIpc) is 3.86. The number of carbonyl (C=O) groups is 3. The fourth-order valence-corrected chi connectivity index (χ4v) is 13.4. The van der Waals surface area contributed by atoms with Gasteiger partial charge in [-0.15, -0.1) is 0 Å². The Bertz CT molecular complexity index is 2190. The van der Waals surface area contributed by atoms with E-state index in [0.717, 1.165) is 28.7 Å². The number of ether oxygens (including phenoxy) is 6. The summed E-state index contributed by atoms with van der Waals surface area (Å²) in [5.41, 5.74) is 2.71. The first-order chi connectivity index (χ1) is 33.2. The lowest BCUT2D eigenvalue weighted by Gasteiger charge is -2.55. The molecule has 2 spiro atoms. The molecule has 18 atom stereocenters. The minimum absolute atomic E-state index is 0.0467. The summed E-state index contributed by atoms with van der Waals surface area (Å²) in [5, 5.41) is 36.4. The van der Waals surface area contributed by atoms with Gasteiger partial charge in [0.1, 0.15) is 18.4 Å². The maximum Gasteiger partial charge on any atom is 0.407 e. The van der Waals surface area contributed by atoms with Crippen LogP contribution in [0.1, 0.15) is 150 Å². The Kier molecular flexibility index (Phi) is 15.5. The SMILES string of the molecule is CC[C@@H](C(=O)[C@@H](C)[C@@H](O)[C@H](C)[C@@H]1O[C@@H]([C@@H](CC)C(=O)O)CC[C@@H]1C)[C@H]1O[C@]2(C=C[C@H](NC(=O)OCC3c4ccccc4-c4ccccc43)[C@]3(CC[C@@](C)([C@H]4CC[C@](O)(CC)[C@H](C)O4)O3)O2)[C@H](C)C[C@@H]1C. The van der Waals surface area contributed by atoms with E-state index in [1.165, 1.54) is 0 Å². The number of rotatable bonds is 15.